The summed E-state index contributed by atoms with van der Waals surface area (Å²) in [6.45, 7) is 7.97. The van der Waals surface area contributed by atoms with E-state index in [1.54, 1.807) is 12.1 Å². The number of aliphatic hydroxyl groups is 1. The molecule has 19 heavy (non-hydrogen) atoms. The summed E-state index contributed by atoms with van der Waals surface area (Å²) in [6, 6.07) is 4.63. The molecule has 0 aliphatic heterocycles. The molecule has 1 aromatic carbocycles. The Hall–Kier alpha value is -1.16. The fourth-order valence-electron chi connectivity index (χ4n) is 1.92. The summed E-state index contributed by atoms with van der Waals surface area (Å²) in [5, 5.41) is 9.71. The normalized spacial score (nSPS) is 13.5. The summed E-state index contributed by atoms with van der Waals surface area (Å²) in [7, 11) is 1.37. The van der Waals surface area contributed by atoms with Gasteiger partial charge in [-0.1, -0.05) is 32.9 Å². The highest BCUT2D eigenvalue weighted by Gasteiger charge is 2.49. The van der Waals surface area contributed by atoms with Gasteiger partial charge in [0.15, 0.2) is 0 Å². The van der Waals surface area contributed by atoms with Crippen molar-refractivity contribution in [3.8, 4) is 5.75 Å². The number of methoxy groups -OCH3 is 1. The third-order valence-electron chi connectivity index (χ3n) is 3.13. The average Bonchev–Trinajstić information content (AvgIpc) is 2.25. The molecular formula is C15H22F2O2. The summed E-state index contributed by atoms with van der Waals surface area (Å²) >= 11 is 0. The summed E-state index contributed by atoms with van der Waals surface area (Å²) in [4.78, 5) is 0. The lowest BCUT2D eigenvalue weighted by molar-refractivity contribution is -0.169. The minimum absolute atomic E-state index is 0.141. The second-order valence-corrected chi connectivity index (χ2v) is 6.27. The quantitative estimate of drug-likeness (QED) is 0.905. The van der Waals surface area contributed by atoms with E-state index < -0.39 is 11.5 Å². The Bertz CT molecular complexity index is 454. The molecule has 0 amide bonds. The maximum atomic E-state index is 14.3. The van der Waals surface area contributed by atoms with E-state index in [1.807, 2.05) is 20.8 Å². The first-order chi connectivity index (χ1) is 8.43. The SMILES string of the molecule is COc1c(C(C)(C)C)cccc1C(F)(F)C(C)(C)O. The van der Waals surface area contributed by atoms with Crippen LogP contribution in [0.3, 0.4) is 0 Å². The minimum Gasteiger partial charge on any atom is -0.496 e. The molecule has 1 N–H and O–H groups in total. The highest BCUT2D eigenvalue weighted by molar-refractivity contribution is 5.48. The van der Waals surface area contributed by atoms with Crippen LogP contribution in [0, 0.1) is 0 Å². The molecule has 0 aromatic heterocycles. The summed E-state index contributed by atoms with van der Waals surface area (Å²) in [6.07, 6.45) is 0. The Labute approximate surface area is 113 Å². The molecule has 0 saturated heterocycles. The number of ether oxygens (including phenoxy) is 1. The first-order valence-corrected chi connectivity index (χ1v) is 6.21. The maximum absolute atomic E-state index is 14.3. The summed E-state index contributed by atoms with van der Waals surface area (Å²) in [5.41, 5.74) is -2.07. The van der Waals surface area contributed by atoms with Crippen molar-refractivity contribution in [3.63, 3.8) is 0 Å². The van der Waals surface area contributed by atoms with Gasteiger partial charge in [-0.3, -0.25) is 0 Å². The van der Waals surface area contributed by atoms with E-state index in [9.17, 15) is 13.9 Å². The number of rotatable bonds is 3. The number of hydrogen-bond donors (Lipinski definition) is 1. The fraction of sp³-hybridized carbons (Fsp3) is 0.600. The average molecular weight is 272 g/mol. The van der Waals surface area contributed by atoms with Crippen molar-refractivity contribution in [2.75, 3.05) is 7.11 Å². The molecule has 1 aromatic rings. The number of halogens is 2. The second-order valence-electron chi connectivity index (χ2n) is 6.27. The van der Waals surface area contributed by atoms with Crippen molar-refractivity contribution in [1.82, 2.24) is 0 Å². The zero-order valence-electron chi connectivity index (χ0n) is 12.3. The van der Waals surface area contributed by atoms with E-state index in [0.29, 0.717) is 5.56 Å². The molecule has 1 rings (SSSR count). The largest absolute Gasteiger partial charge is 0.496 e. The van der Waals surface area contributed by atoms with Crippen LogP contribution >= 0.6 is 0 Å². The molecule has 108 valence electrons. The second kappa shape index (κ2) is 4.75. The van der Waals surface area contributed by atoms with Gasteiger partial charge in [0, 0.05) is 0 Å². The molecule has 0 heterocycles. The van der Waals surface area contributed by atoms with Crippen molar-refractivity contribution in [2.24, 2.45) is 0 Å². The van der Waals surface area contributed by atoms with Crippen molar-refractivity contribution in [1.29, 1.82) is 0 Å². The maximum Gasteiger partial charge on any atom is 0.304 e. The van der Waals surface area contributed by atoms with E-state index in [-0.39, 0.29) is 16.7 Å². The van der Waals surface area contributed by atoms with E-state index in [1.165, 1.54) is 13.2 Å². The van der Waals surface area contributed by atoms with Crippen molar-refractivity contribution in [3.05, 3.63) is 29.3 Å². The number of para-hydroxylation sites is 1. The topological polar surface area (TPSA) is 29.5 Å². The predicted molar refractivity (Wildman–Crippen MR) is 71.9 cm³/mol. The van der Waals surface area contributed by atoms with Gasteiger partial charge in [-0.2, -0.15) is 8.78 Å². The van der Waals surface area contributed by atoms with Crippen molar-refractivity contribution >= 4 is 0 Å². The molecule has 0 radical (unpaired) electrons. The van der Waals surface area contributed by atoms with Gasteiger partial charge in [0.25, 0.3) is 0 Å². The van der Waals surface area contributed by atoms with Crippen LogP contribution in [0.25, 0.3) is 0 Å². The predicted octanol–water partition coefficient (Wildman–Crippen LogP) is 3.86. The van der Waals surface area contributed by atoms with Gasteiger partial charge in [-0.15, -0.1) is 0 Å². The first kappa shape index (κ1) is 15.9. The van der Waals surface area contributed by atoms with Gasteiger partial charge in [0.2, 0.25) is 0 Å². The molecule has 0 unspecified atom stereocenters. The van der Waals surface area contributed by atoms with Gasteiger partial charge < -0.3 is 9.84 Å². The van der Waals surface area contributed by atoms with Crippen molar-refractivity contribution < 1.29 is 18.6 Å². The Morgan fingerprint density at radius 3 is 1.84 bits per heavy atom. The highest BCUT2D eigenvalue weighted by Crippen LogP contribution is 2.46. The molecule has 2 nitrogen and oxygen atoms in total. The molecule has 0 saturated carbocycles. The van der Waals surface area contributed by atoms with Crippen LogP contribution in [0.4, 0.5) is 8.78 Å². The first-order valence-electron chi connectivity index (χ1n) is 6.21. The Morgan fingerprint density at radius 2 is 1.47 bits per heavy atom. The van der Waals surface area contributed by atoms with Crippen LogP contribution in [0.5, 0.6) is 5.75 Å². The van der Waals surface area contributed by atoms with E-state index in [4.69, 9.17) is 4.74 Å². The van der Waals surface area contributed by atoms with Gasteiger partial charge in [-0.25, -0.2) is 0 Å². The monoisotopic (exact) mass is 272 g/mol. The zero-order valence-corrected chi connectivity index (χ0v) is 12.3. The van der Waals surface area contributed by atoms with Crippen molar-refractivity contribution in [2.45, 2.75) is 51.6 Å². The van der Waals surface area contributed by atoms with Gasteiger partial charge in [-0.05, 0) is 30.9 Å². The van der Waals surface area contributed by atoms with Gasteiger partial charge in [0.1, 0.15) is 11.4 Å². The number of benzene rings is 1. The Balaban J connectivity index is 3.55. The van der Waals surface area contributed by atoms with Gasteiger partial charge in [0.05, 0.1) is 12.7 Å². The molecule has 0 aliphatic carbocycles. The Kier molecular flexibility index (Phi) is 3.97. The lowest BCUT2D eigenvalue weighted by Crippen LogP contribution is -2.40. The van der Waals surface area contributed by atoms with Gasteiger partial charge >= 0.3 is 5.92 Å². The lowest BCUT2D eigenvalue weighted by Gasteiger charge is -2.32. The molecule has 0 fully saturated rings. The highest BCUT2D eigenvalue weighted by atomic mass is 19.3. The van der Waals surface area contributed by atoms with Crippen LogP contribution in [0.1, 0.15) is 45.7 Å². The number of hydrogen-bond acceptors (Lipinski definition) is 2. The third-order valence-corrected chi connectivity index (χ3v) is 3.13. The molecule has 0 aliphatic rings. The standard InChI is InChI=1S/C15H22F2O2/c1-13(2,3)10-8-7-9-11(12(10)19-6)15(16,17)14(4,5)18/h7-9,18H,1-6H3. The van der Waals surface area contributed by atoms with Crippen LogP contribution in [0.15, 0.2) is 18.2 Å². The number of alkyl halides is 2. The minimum atomic E-state index is -3.39. The molecule has 0 atom stereocenters. The van der Waals surface area contributed by atoms with Crippen LogP contribution in [-0.2, 0) is 11.3 Å². The van der Waals surface area contributed by atoms with E-state index in [0.717, 1.165) is 13.8 Å². The summed E-state index contributed by atoms with van der Waals surface area (Å²) in [5.74, 6) is -3.25. The molecule has 4 heteroatoms. The van der Waals surface area contributed by atoms with E-state index in [2.05, 4.69) is 0 Å². The Morgan fingerprint density at radius 1 is 1.00 bits per heavy atom. The van der Waals surface area contributed by atoms with Crippen LogP contribution in [-0.4, -0.2) is 17.8 Å². The smallest absolute Gasteiger partial charge is 0.304 e. The van der Waals surface area contributed by atoms with E-state index >= 15 is 0 Å². The summed E-state index contributed by atoms with van der Waals surface area (Å²) < 4.78 is 33.9. The zero-order chi connectivity index (χ0) is 15.1. The van der Waals surface area contributed by atoms with Crippen LogP contribution < -0.4 is 4.74 Å². The molecular weight excluding hydrogens is 250 g/mol. The lowest BCUT2D eigenvalue weighted by atomic mass is 9.82. The fourth-order valence-corrected chi connectivity index (χ4v) is 1.92. The molecule has 0 bridgehead atoms. The molecule has 0 spiro atoms. The third kappa shape index (κ3) is 2.89. The van der Waals surface area contributed by atoms with Crippen LogP contribution in [0.2, 0.25) is 0 Å².